The number of benzene rings is 2. The number of aromatic nitrogens is 2. The van der Waals surface area contributed by atoms with Crippen molar-refractivity contribution in [3.63, 3.8) is 0 Å². The molecule has 0 amide bonds. The second-order valence-electron chi connectivity index (χ2n) is 6.98. The Bertz CT molecular complexity index is 1040. The van der Waals surface area contributed by atoms with Crippen molar-refractivity contribution < 1.29 is 4.42 Å². The fourth-order valence-electron chi connectivity index (χ4n) is 2.70. The van der Waals surface area contributed by atoms with E-state index in [-0.39, 0.29) is 5.41 Å². The summed E-state index contributed by atoms with van der Waals surface area (Å²) in [5, 5.41) is 10.1. The number of hydrogen-bond acceptors (Lipinski definition) is 4. The first-order valence-electron chi connectivity index (χ1n) is 8.05. The molecule has 4 aromatic rings. The van der Waals surface area contributed by atoms with Gasteiger partial charge in [0, 0.05) is 15.6 Å². The van der Waals surface area contributed by atoms with E-state index in [0.29, 0.717) is 16.8 Å². The zero-order chi connectivity index (χ0) is 17.6. The number of hydrogen-bond donors (Lipinski definition) is 0. The van der Waals surface area contributed by atoms with Gasteiger partial charge in [0.25, 0.3) is 5.89 Å². The number of halogens is 1. The standard InChI is InChI=1S/C20H17ClN2OS/c1-20(2,3)13-10-8-12(9-11-13)18-22-23-19(24-18)17-16(21)14-6-4-5-7-15(14)25-17/h4-11H,1-3H3. The van der Waals surface area contributed by atoms with Crippen molar-refractivity contribution in [2.75, 3.05) is 0 Å². The van der Waals surface area contributed by atoms with Crippen LogP contribution in [0.5, 0.6) is 0 Å². The van der Waals surface area contributed by atoms with Gasteiger partial charge in [0.1, 0.15) is 4.88 Å². The quantitative estimate of drug-likeness (QED) is 0.401. The molecule has 2 heterocycles. The highest BCUT2D eigenvalue weighted by Gasteiger charge is 2.19. The molecule has 0 aliphatic heterocycles. The van der Waals surface area contributed by atoms with Crippen molar-refractivity contribution in [3.8, 4) is 22.2 Å². The molecule has 126 valence electrons. The average Bonchev–Trinajstić information content (AvgIpc) is 3.20. The summed E-state index contributed by atoms with van der Waals surface area (Å²) in [6, 6.07) is 16.2. The molecule has 5 heteroatoms. The Hall–Kier alpha value is -2.17. The average molecular weight is 369 g/mol. The Balaban J connectivity index is 1.71. The molecule has 0 unspecified atom stereocenters. The highest BCUT2D eigenvalue weighted by atomic mass is 35.5. The largest absolute Gasteiger partial charge is 0.415 e. The Kier molecular flexibility index (Phi) is 3.89. The SMILES string of the molecule is CC(C)(C)c1ccc(-c2nnc(-c3sc4ccccc4c3Cl)o2)cc1. The van der Waals surface area contributed by atoms with Crippen LogP contribution in [0.3, 0.4) is 0 Å². The van der Waals surface area contributed by atoms with Gasteiger partial charge < -0.3 is 4.42 Å². The summed E-state index contributed by atoms with van der Waals surface area (Å²) in [6.07, 6.45) is 0. The van der Waals surface area contributed by atoms with Gasteiger partial charge in [0.2, 0.25) is 5.89 Å². The van der Waals surface area contributed by atoms with Crippen LogP contribution < -0.4 is 0 Å². The van der Waals surface area contributed by atoms with Crippen LogP contribution >= 0.6 is 22.9 Å². The second-order valence-corrected chi connectivity index (χ2v) is 8.41. The minimum Gasteiger partial charge on any atom is -0.415 e. The van der Waals surface area contributed by atoms with E-state index in [1.165, 1.54) is 5.56 Å². The highest BCUT2D eigenvalue weighted by Crippen LogP contribution is 2.41. The van der Waals surface area contributed by atoms with E-state index >= 15 is 0 Å². The first-order chi connectivity index (χ1) is 11.9. The molecule has 0 bridgehead atoms. The van der Waals surface area contributed by atoms with Crippen molar-refractivity contribution in [1.29, 1.82) is 0 Å². The third kappa shape index (κ3) is 2.96. The minimum absolute atomic E-state index is 0.114. The van der Waals surface area contributed by atoms with E-state index in [0.717, 1.165) is 20.5 Å². The molecule has 0 saturated heterocycles. The van der Waals surface area contributed by atoms with Gasteiger partial charge in [-0.1, -0.05) is 62.7 Å². The summed E-state index contributed by atoms with van der Waals surface area (Å²) in [6.45, 7) is 6.57. The Morgan fingerprint density at radius 3 is 2.28 bits per heavy atom. The van der Waals surface area contributed by atoms with Crippen molar-refractivity contribution in [3.05, 3.63) is 59.1 Å². The van der Waals surface area contributed by atoms with Crippen molar-refractivity contribution >= 4 is 33.0 Å². The van der Waals surface area contributed by atoms with Gasteiger partial charge in [0.15, 0.2) is 0 Å². The maximum absolute atomic E-state index is 6.50. The van der Waals surface area contributed by atoms with E-state index in [2.05, 4.69) is 43.1 Å². The third-order valence-corrected chi connectivity index (χ3v) is 5.82. The summed E-state index contributed by atoms with van der Waals surface area (Å²) in [5.41, 5.74) is 2.29. The van der Waals surface area contributed by atoms with Crippen molar-refractivity contribution in [1.82, 2.24) is 10.2 Å². The molecule has 25 heavy (non-hydrogen) atoms. The van der Waals surface area contributed by atoms with Gasteiger partial charge in [-0.3, -0.25) is 0 Å². The van der Waals surface area contributed by atoms with Gasteiger partial charge in [-0.25, -0.2) is 0 Å². The summed E-state index contributed by atoms with van der Waals surface area (Å²) in [5.74, 6) is 0.963. The van der Waals surface area contributed by atoms with Gasteiger partial charge in [-0.15, -0.1) is 21.5 Å². The van der Waals surface area contributed by atoms with E-state index < -0.39 is 0 Å². The number of thiophene rings is 1. The minimum atomic E-state index is 0.114. The first-order valence-corrected chi connectivity index (χ1v) is 9.25. The molecule has 0 aliphatic rings. The van der Waals surface area contributed by atoms with E-state index in [1.807, 2.05) is 36.4 Å². The normalized spacial score (nSPS) is 12.0. The molecule has 0 radical (unpaired) electrons. The molecule has 3 nitrogen and oxygen atoms in total. The Labute approximate surface area is 155 Å². The lowest BCUT2D eigenvalue weighted by Gasteiger charge is -2.18. The fourth-order valence-corrected chi connectivity index (χ4v) is 4.13. The maximum Gasteiger partial charge on any atom is 0.259 e. The molecule has 0 N–H and O–H groups in total. The van der Waals surface area contributed by atoms with Gasteiger partial charge in [-0.2, -0.15) is 0 Å². The zero-order valence-corrected chi connectivity index (χ0v) is 15.8. The summed E-state index contributed by atoms with van der Waals surface area (Å²) >= 11 is 8.06. The molecule has 0 aliphatic carbocycles. The molecule has 0 fully saturated rings. The predicted molar refractivity (Wildman–Crippen MR) is 104 cm³/mol. The van der Waals surface area contributed by atoms with Crippen molar-refractivity contribution in [2.45, 2.75) is 26.2 Å². The number of rotatable bonds is 2. The van der Waals surface area contributed by atoms with E-state index in [1.54, 1.807) is 11.3 Å². The fraction of sp³-hybridized carbons (Fsp3) is 0.200. The highest BCUT2D eigenvalue weighted by molar-refractivity contribution is 7.23. The number of nitrogens with zero attached hydrogens (tertiary/aromatic N) is 2. The Morgan fingerprint density at radius 1 is 0.920 bits per heavy atom. The Morgan fingerprint density at radius 2 is 1.60 bits per heavy atom. The molecule has 0 saturated carbocycles. The van der Waals surface area contributed by atoms with E-state index in [4.69, 9.17) is 16.0 Å². The first kappa shape index (κ1) is 16.3. The summed E-state index contributed by atoms with van der Waals surface area (Å²) < 4.78 is 7.00. The van der Waals surface area contributed by atoms with E-state index in [9.17, 15) is 0 Å². The molecule has 0 spiro atoms. The summed E-state index contributed by atoms with van der Waals surface area (Å²) in [7, 11) is 0. The van der Waals surface area contributed by atoms with Crippen LogP contribution in [0, 0.1) is 0 Å². The molecular formula is C20H17ClN2OS. The lowest BCUT2D eigenvalue weighted by atomic mass is 9.87. The molecule has 2 aromatic carbocycles. The topological polar surface area (TPSA) is 38.9 Å². The lowest BCUT2D eigenvalue weighted by molar-refractivity contribution is 0.583. The van der Waals surface area contributed by atoms with Gasteiger partial charge in [-0.05, 0) is 29.2 Å². The van der Waals surface area contributed by atoms with Crippen LogP contribution in [0.4, 0.5) is 0 Å². The van der Waals surface area contributed by atoms with Crippen LogP contribution in [0.25, 0.3) is 32.3 Å². The second kappa shape index (κ2) is 5.97. The predicted octanol–water partition coefficient (Wildman–Crippen LogP) is 6.57. The molecule has 4 rings (SSSR count). The van der Waals surface area contributed by atoms with Crippen LogP contribution in [-0.4, -0.2) is 10.2 Å². The summed E-state index contributed by atoms with van der Waals surface area (Å²) in [4.78, 5) is 0.813. The van der Waals surface area contributed by atoms with Crippen LogP contribution in [0.15, 0.2) is 52.9 Å². The maximum atomic E-state index is 6.50. The van der Waals surface area contributed by atoms with Crippen LogP contribution in [0.1, 0.15) is 26.3 Å². The van der Waals surface area contributed by atoms with Crippen LogP contribution in [0.2, 0.25) is 5.02 Å². The zero-order valence-electron chi connectivity index (χ0n) is 14.2. The monoisotopic (exact) mass is 368 g/mol. The third-order valence-electron chi connectivity index (χ3n) is 4.15. The van der Waals surface area contributed by atoms with Gasteiger partial charge >= 0.3 is 0 Å². The smallest absolute Gasteiger partial charge is 0.259 e. The molecule has 0 atom stereocenters. The lowest BCUT2D eigenvalue weighted by Crippen LogP contribution is -2.10. The molecular weight excluding hydrogens is 352 g/mol. The molecule has 2 aromatic heterocycles. The number of fused-ring (bicyclic) bond motifs is 1. The van der Waals surface area contributed by atoms with Gasteiger partial charge in [0.05, 0.1) is 5.02 Å². The van der Waals surface area contributed by atoms with Crippen LogP contribution in [-0.2, 0) is 5.41 Å². The van der Waals surface area contributed by atoms with Crippen molar-refractivity contribution in [2.24, 2.45) is 0 Å².